The van der Waals surface area contributed by atoms with E-state index in [1.807, 2.05) is 29.5 Å². The van der Waals surface area contributed by atoms with Crippen LogP contribution in [0.5, 0.6) is 0 Å². The normalized spacial score (nSPS) is 23.2. The summed E-state index contributed by atoms with van der Waals surface area (Å²) in [5.41, 5.74) is 9.14. The van der Waals surface area contributed by atoms with Gasteiger partial charge in [-0.3, -0.25) is 4.99 Å². The van der Waals surface area contributed by atoms with Gasteiger partial charge in [-0.2, -0.15) is 0 Å². The molecule has 0 saturated carbocycles. The minimum absolute atomic E-state index is 0.102. The predicted octanol–water partition coefficient (Wildman–Crippen LogP) is 4.95. The standard InChI is InChI=1S/C18H17N3S2/c1-20-13-5-2-4-12(10-13)16-11-14-15(23-16)6-3-7-18(14)8-9-22-17(19)21-18/h2,4-5,10-11H,3,6-9H2,(H2,19,21). The van der Waals surface area contributed by atoms with Crippen LogP contribution in [0, 0.1) is 6.57 Å². The van der Waals surface area contributed by atoms with E-state index in [0.717, 1.165) is 35.7 Å². The number of aliphatic imine (C=N–C) groups is 1. The topological polar surface area (TPSA) is 42.7 Å². The maximum absolute atomic E-state index is 7.20. The van der Waals surface area contributed by atoms with Crippen LogP contribution in [0.3, 0.4) is 0 Å². The Bertz CT molecular complexity index is 831. The quantitative estimate of drug-likeness (QED) is 0.747. The van der Waals surface area contributed by atoms with Crippen molar-refractivity contribution in [2.45, 2.75) is 31.2 Å². The molecule has 2 aliphatic rings. The van der Waals surface area contributed by atoms with E-state index in [9.17, 15) is 0 Å². The number of amidine groups is 1. The Morgan fingerprint density at radius 2 is 2.17 bits per heavy atom. The zero-order chi connectivity index (χ0) is 15.9. The number of nitrogens with zero attached hydrogens (tertiary/aromatic N) is 2. The number of nitrogens with two attached hydrogens (primary N) is 1. The van der Waals surface area contributed by atoms with Crippen molar-refractivity contribution < 1.29 is 0 Å². The number of hydrogen-bond acceptors (Lipinski definition) is 4. The molecule has 0 fully saturated rings. The van der Waals surface area contributed by atoms with Gasteiger partial charge < -0.3 is 5.73 Å². The maximum Gasteiger partial charge on any atom is 0.187 e. The number of benzene rings is 1. The van der Waals surface area contributed by atoms with Crippen molar-refractivity contribution in [3.8, 4) is 10.4 Å². The fraction of sp³-hybridized carbons (Fsp3) is 0.333. The zero-order valence-corrected chi connectivity index (χ0v) is 14.3. The van der Waals surface area contributed by atoms with Crippen molar-refractivity contribution in [1.82, 2.24) is 0 Å². The third-order valence-corrected chi connectivity index (χ3v) is 6.69. The summed E-state index contributed by atoms with van der Waals surface area (Å²) in [4.78, 5) is 11.1. The van der Waals surface area contributed by atoms with Crippen LogP contribution in [-0.2, 0) is 12.0 Å². The molecule has 0 saturated heterocycles. The molecule has 0 bridgehead atoms. The summed E-state index contributed by atoms with van der Waals surface area (Å²) in [6.45, 7) is 7.20. The van der Waals surface area contributed by atoms with Gasteiger partial charge in [0.1, 0.15) is 0 Å². The van der Waals surface area contributed by atoms with Crippen molar-refractivity contribution in [3.63, 3.8) is 0 Å². The lowest BCUT2D eigenvalue weighted by Gasteiger charge is -2.36. The fourth-order valence-electron chi connectivity index (χ4n) is 3.55. The number of fused-ring (bicyclic) bond motifs is 2. The SMILES string of the molecule is [C-]#[N+]c1cccc(-c2cc3c(s2)CCCC32CCSC(N)=N2)c1. The van der Waals surface area contributed by atoms with Crippen LogP contribution in [0.1, 0.15) is 29.7 Å². The largest absolute Gasteiger partial charge is 0.379 e. The lowest BCUT2D eigenvalue weighted by Crippen LogP contribution is -2.34. The molecular weight excluding hydrogens is 322 g/mol. The number of rotatable bonds is 1. The Labute approximate surface area is 144 Å². The van der Waals surface area contributed by atoms with E-state index in [2.05, 4.69) is 17.0 Å². The Kier molecular flexibility index (Phi) is 3.67. The van der Waals surface area contributed by atoms with Gasteiger partial charge in [-0.25, -0.2) is 4.85 Å². The molecule has 1 aliphatic heterocycles. The Balaban J connectivity index is 1.81. The van der Waals surface area contributed by atoms with E-state index in [-0.39, 0.29) is 5.54 Å². The highest BCUT2D eigenvalue weighted by molar-refractivity contribution is 8.13. The van der Waals surface area contributed by atoms with E-state index >= 15 is 0 Å². The Morgan fingerprint density at radius 1 is 1.26 bits per heavy atom. The van der Waals surface area contributed by atoms with Crippen LogP contribution < -0.4 is 5.73 Å². The number of hydrogen-bond donors (Lipinski definition) is 1. The van der Waals surface area contributed by atoms with Crippen molar-refractivity contribution in [2.75, 3.05) is 5.75 Å². The van der Waals surface area contributed by atoms with Crippen molar-refractivity contribution >= 4 is 34.0 Å². The van der Waals surface area contributed by atoms with E-state index in [1.54, 1.807) is 11.8 Å². The first-order chi connectivity index (χ1) is 11.2. The van der Waals surface area contributed by atoms with Gasteiger partial charge in [0, 0.05) is 15.5 Å². The number of thioether (sulfide) groups is 1. The highest BCUT2D eigenvalue weighted by Crippen LogP contribution is 2.49. The van der Waals surface area contributed by atoms with Crippen molar-refractivity contribution in [1.29, 1.82) is 0 Å². The Morgan fingerprint density at radius 3 is 3.00 bits per heavy atom. The lowest BCUT2D eigenvalue weighted by molar-refractivity contribution is 0.368. The van der Waals surface area contributed by atoms with Gasteiger partial charge in [0.05, 0.1) is 12.1 Å². The molecule has 2 heterocycles. The van der Waals surface area contributed by atoms with Crippen molar-refractivity contribution in [2.24, 2.45) is 10.7 Å². The molecule has 0 amide bonds. The van der Waals surface area contributed by atoms with Gasteiger partial charge in [0.15, 0.2) is 10.9 Å². The van der Waals surface area contributed by atoms with Gasteiger partial charge in [0.2, 0.25) is 0 Å². The van der Waals surface area contributed by atoms with Crippen LogP contribution in [0.15, 0.2) is 35.3 Å². The van der Waals surface area contributed by atoms with Gasteiger partial charge in [0.25, 0.3) is 0 Å². The molecule has 1 aromatic heterocycles. The third-order valence-electron chi connectivity index (χ3n) is 4.65. The molecule has 116 valence electrons. The zero-order valence-electron chi connectivity index (χ0n) is 12.7. The summed E-state index contributed by atoms with van der Waals surface area (Å²) in [7, 11) is 0. The minimum Gasteiger partial charge on any atom is -0.379 e. The molecule has 5 heteroatoms. The molecule has 3 nitrogen and oxygen atoms in total. The summed E-state index contributed by atoms with van der Waals surface area (Å²) in [6, 6.07) is 10.2. The highest BCUT2D eigenvalue weighted by Gasteiger charge is 2.39. The molecule has 1 aliphatic carbocycles. The molecule has 1 atom stereocenters. The molecule has 1 spiro atoms. The third kappa shape index (κ3) is 2.56. The van der Waals surface area contributed by atoms with Crippen LogP contribution in [0.4, 0.5) is 5.69 Å². The molecule has 23 heavy (non-hydrogen) atoms. The second-order valence-electron chi connectivity index (χ2n) is 6.04. The van der Waals surface area contributed by atoms with Gasteiger partial charge in [-0.15, -0.1) is 11.3 Å². The first-order valence-corrected chi connectivity index (χ1v) is 9.60. The summed E-state index contributed by atoms with van der Waals surface area (Å²) in [6.07, 6.45) is 4.48. The van der Waals surface area contributed by atoms with Gasteiger partial charge >= 0.3 is 0 Å². The van der Waals surface area contributed by atoms with Gasteiger partial charge in [-0.05, 0) is 48.9 Å². The monoisotopic (exact) mass is 339 g/mol. The summed E-state index contributed by atoms with van der Waals surface area (Å²) in [5.74, 6) is 1.05. The fourth-order valence-corrected chi connectivity index (χ4v) is 5.74. The maximum atomic E-state index is 7.20. The van der Waals surface area contributed by atoms with Crippen LogP contribution in [0.2, 0.25) is 0 Å². The lowest BCUT2D eigenvalue weighted by atomic mass is 9.78. The second-order valence-corrected chi connectivity index (χ2v) is 8.30. The van der Waals surface area contributed by atoms with Crippen LogP contribution in [0.25, 0.3) is 15.3 Å². The molecule has 1 aromatic carbocycles. The number of aryl methyl sites for hydroxylation is 1. The average Bonchev–Trinajstić information content (AvgIpc) is 3.01. The van der Waals surface area contributed by atoms with Crippen molar-refractivity contribution in [3.05, 3.63) is 52.2 Å². The smallest absolute Gasteiger partial charge is 0.187 e. The average molecular weight is 339 g/mol. The van der Waals surface area contributed by atoms with Gasteiger partial charge in [-0.1, -0.05) is 30.0 Å². The van der Waals surface area contributed by atoms with Crippen LogP contribution in [-0.4, -0.2) is 10.9 Å². The highest BCUT2D eigenvalue weighted by atomic mass is 32.2. The molecule has 0 radical (unpaired) electrons. The van der Waals surface area contributed by atoms with E-state index < -0.39 is 0 Å². The molecule has 1 unspecified atom stereocenters. The van der Waals surface area contributed by atoms with E-state index in [4.69, 9.17) is 17.3 Å². The molecule has 2 aromatic rings. The first kappa shape index (κ1) is 14.8. The summed E-state index contributed by atoms with van der Waals surface area (Å²) in [5, 5.41) is 0.729. The molecule has 4 rings (SSSR count). The summed E-state index contributed by atoms with van der Waals surface area (Å²) >= 11 is 3.52. The molecule has 2 N–H and O–H groups in total. The summed E-state index contributed by atoms with van der Waals surface area (Å²) < 4.78 is 0. The van der Waals surface area contributed by atoms with Crippen LogP contribution >= 0.6 is 23.1 Å². The first-order valence-electron chi connectivity index (χ1n) is 7.79. The van der Waals surface area contributed by atoms with E-state index in [1.165, 1.54) is 21.7 Å². The minimum atomic E-state index is -0.102. The second kappa shape index (κ2) is 5.70. The molecular formula is C18H17N3S2. The Hall–Kier alpha value is -1.77. The number of thiophene rings is 1. The predicted molar refractivity (Wildman–Crippen MR) is 99.3 cm³/mol. The van der Waals surface area contributed by atoms with E-state index in [0.29, 0.717) is 5.69 Å².